The summed E-state index contributed by atoms with van der Waals surface area (Å²) in [6.45, 7) is 0.286. The molecule has 1 aliphatic rings. The Morgan fingerprint density at radius 1 is 1.20 bits per heavy atom. The highest BCUT2D eigenvalue weighted by molar-refractivity contribution is 6.21. The topological polar surface area (TPSA) is 37.4 Å². The number of carbonyl (C=O) groups excluding carboxylic acids is 2. The van der Waals surface area contributed by atoms with Crippen LogP contribution in [0.5, 0.6) is 0 Å². The van der Waals surface area contributed by atoms with Crippen molar-refractivity contribution in [2.45, 2.75) is 24.6 Å². The van der Waals surface area contributed by atoms with Crippen LogP contribution in [0.1, 0.15) is 19.3 Å². The van der Waals surface area contributed by atoms with E-state index >= 15 is 0 Å². The molecule has 3 nitrogen and oxygen atoms in total. The van der Waals surface area contributed by atoms with E-state index in [1.807, 2.05) is 0 Å². The van der Waals surface area contributed by atoms with Crippen LogP contribution in [-0.4, -0.2) is 34.5 Å². The fraction of sp³-hybridized carbons (Fsp3) is 0.600. The largest absolute Gasteiger partial charge is 0.274 e. The number of imide groups is 1. The molecule has 0 aromatic rings. The smallest absolute Gasteiger partial charge is 0.253 e. The van der Waals surface area contributed by atoms with E-state index in [-0.39, 0.29) is 23.7 Å². The van der Waals surface area contributed by atoms with Crippen LogP contribution in [0.2, 0.25) is 0 Å². The second-order valence-corrected chi connectivity index (χ2v) is 4.40. The molecule has 84 valence electrons. The minimum atomic E-state index is -0.275. The number of carbonyl (C=O) groups is 2. The van der Waals surface area contributed by atoms with Crippen LogP contribution in [-0.2, 0) is 9.59 Å². The SMILES string of the molecule is O=C1C=CC(=O)N1CC(Cl)CCCCCl. The number of unbranched alkanes of at least 4 members (excludes halogenated alkanes) is 1. The summed E-state index contributed by atoms with van der Waals surface area (Å²) in [6.07, 6.45) is 5.13. The highest BCUT2D eigenvalue weighted by Crippen LogP contribution is 2.13. The van der Waals surface area contributed by atoms with Crippen molar-refractivity contribution < 1.29 is 9.59 Å². The molecule has 0 aromatic heterocycles. The van der Waals surface area contributed by atoms with Gasteiger partial charge in [-0.05, 0) is 12.8 Å². The Kier molecular flexibility index (Phi) is 5.12. The molecule has 0 bridgehead atoms. The van der Waals surface area contributed by atoms with Gasteiger partial charge in [-0.3, -0.25) is 14.5 Å². The van der Waals surface area contributed by atoms with Crippen molar-refractivity contribution in [2.24, 2.45) is 0 Å². The fourth-order valence-electron chi connectivity index (χ4n) is 1.36. The Bertz CT molecular complexity index is 261. The van der Waals surface area contributed by atoms with Crippen molar-refractivity contribution in [3.8, 4) is 0 Å². The first-order chi connectivity index (χ1) is 7.15. The Morgan fingerprint density at radius 3 is 2.33 bits per heavy atom. The van der Waals surface area contributed by atoms with Crippen molar-refractivity contribution >= 4 is 35.0 Å². The lowest BCUT2D eigenvalue weighted by molar-refractivity contribution is -0.136. The zero-order chi connectivity index (χ0) is 11.3. The molecule has 1 unspecified atom stereocenters. The van der Waals surface area contributed by atoms with Gasteiger partial charge in [0.25, 0.3) is 11.8 Å². The summed E-state index contributed by atoms with van der Waals surface area (Å²) >= 11 is 11.5. The summed E-state index contributed by atoms with van der Waals surface area (Å²) in [6, 6.07) is 0. The molecule has 1 rings (SSSR count). The predicted molar refractivity (Wildman–Crippen MR) is 60.1 cm³/mol. The van der Waals surface area contributed by atoms with E-state index < -0.39 is 0 Å². The molecule has 1 heterocycles. The van der Waals surface area contributed by atoms with E-state index in [0.717, 1.165) is 19.3 Å². The molecule has 0 aromatic carbocycles. The van der Waals surface area contributed by atoms with Crippen molar-refractivity contribution in [2.75, 3.05) is 12.4 Å². The molecule has 0 radical (unpaired) electrons. The first-order valence-electron chi connectivity index (χ1n) is 4.88. The maximum absolute atomic E-state index is 11.2. The number of hydrogen-bond donors (Lipinski definition) is 0. The van der Waals surface area contributed by atoms with Crippen molar-refractivity contribution in [1.29, 1.82) is 0 Å². The fourth-order valence-corrected chi connectivity index (χ4v) is 1.84. The van der Waals surface area contributed by atoms with Crippen molar-refractivity contribution in [1.82, 2.24) is 4.90 Å². The summed E-state index contributed by atoms with van der Waals surface area (Å²) in [5.74, 6) is 0.0678. The molecule has 1 aliphatic heterocycles. The van der Waals surface area contributed by atoms with E-state index in [4.69, 9.17) is 23.2 Å². The summed E-state index contributed by atoms with van der Waals surface area (Å²) < 4.78 is 0. The standard InChI is InChI=1S/C10H13Cl2NO2/c11-6-2-1-3-8(12)7-13-9(14)4-5-10(13)15/h4-5,8H,1-3,6-7H2. The molecule has 0 N–H and O–H groups in total. The van der Waals surface area contributed by atoms with Crippen molar-refractivity contribution in [3.63, 3.8) is 0 Å². The molecular formula is C10H13Cl2NO2. The second-order valence-electron chi connectivity index (χ2n) is 3.40. The van der Waals surface area contributed by atoms with Gasteiger partial charge in [0, 0.05) is 24.6 Å². The summed E-state index contributed by atoms with van der Waals surface area (Å²) in [4.78, 5) is 23.5. The minimum absolute atomic E-state index is 0.180. The molecule has 15 heavy (non-hydrogen) atoms. The van der Waals surface area contributed by atoms with Crippen LogP contribution in [0.4, 0.5) is 0 Å². The second kappa shape index (κ2) is 6.13. The van der Waals surface area contributed by atoms with Crippen molar-refractivity contribution in [3.05, 3.63) is 12.2 Å². The summed E-state index contributed by atoms with van der Waals surface area (Å²) in [5.41, 5.74) is 0. The lowest BCUT2D eigenvalue weighted by Gasteiger charge is -2.17. The van der Waals surface area contributed by atoms with E-state index in [2.05, 4.69) is 0 Å². The average molecular weight is 250 g/mol. The Balaban J connectivity index is 2.28. The van der Waals surface area contributed by atoms with E-state index in [1.54, 1.807) is 0 Å². The van der Waals surface area contributed by atoms with E-state index in [9.17, 15) is 9.59 Å². The maximum Gasteiger partial charge on any atom is 0.253 e. The van der Waals surface area contributed by atoms with Crippen LogP contribution in [0.15, 0.2) is 12.2 Å². The number of rotatable bonds is 6. The van der Waals surface area contributed by atoms with Gasteiger partial charge in [-0.2, -0.15) is 0 Å². The molecule has 5 heteroatoms. The van der Waals surface area contributed by atoms with Gasteiger partial charge in [0.1, 0.15) is 0 Å². The van der Waals surface area contributed by atoms with Crippen LogP contribution in [0, 0.1) is 0 Å². The van der Waals surface area contributed by atoms with Crippen LogP contribution in [0.25, 0.3) is 0 Å². The lowest BCUT2D eigenvalue weighted by Crippen LogP contribution is -2.35. The summed E-state index contributed by atoms with van der Waals surface area (Å²) in [7, 11) is 0. The number of halogens is 2. The monoisotopic (exact) mass is 249 g/mol. The van der Waals surface area contributed by atoms with E-state index in [0.29, 0.717) is 5.88 Å². The first-order valence-corrected chi connectivity index (χ1v) is 5.86. The molecule has 0 fully saturated rings. The molecule has 0 aliphatic carbocycles. The van der Waals surface area contributed by atoms with Gasteiger partial charge >= 0.3 is 0 Å². The number of nitrogens with zero attached hydrogens (tertiary/aromatic N) is 1. The summed E-state index contributed by atoms with van der Waals surface area (Å²) in [5, 5.41) is -0.180. The quantitative estimate of drug-likeness (QED) is 0.410. The van der Waals surface area contributed by atoms with Crippen LogP contribution < -0.4 is 0 Å². The molecular weight excluding hydrogens is 237 g/mol. The average Bonchev–Trinajstić information content (AvgIpc) is 2.50. The number of amides is 2. The molecule has 0 saturated carbocycles. The number of hydrogen-bond acceptors (Lipinski definition) is 2. The normalized spacial score (nSPS) is 17.6. The maximum atomic E-state index is 11.2. The third-order valence-electron chi connectivity index (χ3n) is 2.18. The third-order valence-corrected chi connectivity index (χ3v) is 2.81. The number of alkyl halides is 2. The molecule has 0 spiro atoms. The van der Waals surface area contributed by atoms with Gasteiger partial charge in [0.15, 0.2) is 0 Å². The Morgan fingerprint density at radius 2 is 1.80 bits per heavy atom. The van der Waals surface area contributed by atoms with Gasteiger partial charge in [-0.25, -0.2) is 0 Å². The molecule has 2 amide bonds. The Labute approximate surface area is 99.0 Å². The van der Waals surface area contributed by atoms with Gasteiger partial charge in [-0.1, -0.05) is 6.42 Å². The van der Waals surface area contributed by atoms with E-state index in [1.165, 1.54) is 17.1 Å². The van der Waals surface area contributed by atoms with Crippen LogP contribution >= 0.6 is 23.2 Å². The minimum Gasteiger partial charge on any atom is -0.274 e. The zero-order valence-electron chi connectivity index (χ0n) is 8.29. The van der Waals surface area contributed by atoms with Gasteiger partial charge in [-0.15, -0.1) is 23.2 Å². The third kappa shape index (κ3) is 3.84. The zero-order valence-corrected chi connectivity index (χ0v) is 9.80. The highest BCUT2D eigenvalue weighted by Gasteiger charge is 2.25. The first kappa shape index (κ1) is 12.5. The molecule has 1 atom stereocenters. The highest BCUT2D eigenvalue weighted by atomic mass is 35.5. The van der Waals surface area contributed by atoms with Gasteiger partial charge in [0.05, 0.1) is 5.38 Å². The Hall–Kier alpha value is -0.540. The van der Waals surface area contributed by atoms with Gasteiger partial charge < -0.3 is 0 Å². The van der Waals surface area contributed by atoms with Gasteiger partial charge in [0.2, 0.25) is 0 Å². The predicted octanol–water partition coefficient (Wildman–Crippen LogP) is 1.93. The molecule has 0 saturated heterocycles. The lowest BCUT2D eigenvalue weighted by atomic mass is 10.2. The van der Waals surface area contributed by atoms with Crippen LogP contribution in [0.3, 0.4) is 0 Å².